The minimum atomic E-state index is 0. The maximum absolute atomic E-state index is 8.79. The third-order valence-corrected chi connectivity index (χ3v) is 8.34. The lowest BCUT2D eigenvalue weighted by atomic mass is 10.0. The Morgan fingerprint density at radius 3 is 0.632 bits per heavy atom. The third-order valence-electron chi connectivity index (χ3n) is 8.34. The fraction of sp³-hybridized carbons (Fsp3) is 1.00. The number of nitrogens with zero attached hydrogens (tertiary/aromatic N) is 1. The number of halogens is 1. The molecule has 0 atom stereocenters. The minimum absolute atomic E-state index is 0. The zero-order valence-electron chi connectivity index (χ0n) is 26.3. The van der Waals surface area contributed by atoms with Crippen LogP contribution in [0.1, 0.15) is 180 Å². The van der Waals surface area contributed by atoms with Crippen molar-refractivity contribution in [2.45, 2.75) is 180 Å². The number of aliphatic hydroxyl groups excluding tert-OH is 2. The van der Waals surface area contributed by atoms with Crippen molar-refractivity contribution in [3.8, 4) is 0 Å². The molecule has 0 amide bonds. The Bertz CT molecular complexity index is 383. The van der Waals surface area contributed by atoms with Gasteiger partial charge in [0.05, 0.1) is 27.2 Å². The van der Waals surface area contributed by atoms with E-state index in [1.54, 1.807) is 0 Å². The number of aliphatic hydroxyl groups is 2. The summed E-state index contributed by atoms with van der Waals surface area (Å²) in [5, 5.41) is 17.6. The van der Waals surface area contributed by atoms with E-state index in [1.807, 2.05) is 0 Å². The molecule has 232 valence electrons. The lowest BCUT2D eigenvalue weighted by Gasteiger charge is -2.30. The van der Waals surface area contributed by atoms with Crippen molar-refractivity contribution < 1.29 is 31.7 Å². The molecule has 0 heterocycles. The SMILES string of the molecule is C[N+](C)(CCCCCCCCCCCCCCCCO)CCCCCCCCCCCCCCCCO.[Br-]. The van der Waals surface area contributed by atoms with Gasteiger partial charge in [-0.15, -0.1) is 0 Å². The second kappa shape index (κ2) is 33.6. The first-order valence-corrected chi connectivity index (χ1v) is 17.2. The van der Waals surface area contributed by atoms with E-state index in [1.165, 1.54) is 185 Å². The van der Waals surface area contributed by atoms with E-state index in [4.69, 9.17) is 10.2 Å². The van der Waals surface area contributed by atoms with Crippen molar-refractivity contribution in [3.63, 3.8) is 0 Å². The summed E-state index contributed by atoms with van der Waals surface area (Å²) in [4.78, 5) is 0. The van der Waals surface area contributed by atoms with Crippen LogP contribution >= 0.6 is 0 Å². The van der Waals surface area contributed by atoms with Crippen molar-refractivity contribution in [1.29, 1.82) is 0 Å². The average Bonchev–Trinajstić information content (AvgIpc) is 2.88. The number of rotatable bonds is 32. The van der Waals surface area contributed by atoms with Gasteiger partial charge in [0.25, 0.3) is 0 Å². The number of hydrogen-bond acceptors (Lipinski definition) is 2. The Labute approximate surface area is 251 Å². The van der Waals surface area contributed by atoms with Crippen molar-refractivity contribution in [2.75, 3.05) is 40.4 Å². The van der Waals surface area contributed by atoms with Gasteiger partial charge in [0.2, 0.25) is 0 Å². The lowest BCUT2D eigenvalue weighted by Crippen LogP contribution is -3.00. The van der Waals surface area contributed by atoms with Crippen molar-refractivity contribution in [3.05, 3.63) is 0 Å². The highest BCUT2D eigenvalue weighted by Crippen LogP contribution is 2.15. The largest absolute Gasteiger partial charge is 1.00 e. The zero-order valence-corrected chi connectivity index (χ0v) is 27.9. The summed E-state index contributed by atoms with van der Waals surface area (Å²) in [6, 6.07) is 0. The molecule has 0 radical (unpaired) electrons. The van der Waals surface area contributed by atoms with Crippen molar-refractivity contribution >= 4 is 0 Å². The van der Waals surface area contributed by atoms with Gasteiger partial charge in [0.15, 0.2) is 0 Å². The first-order valence-electron chi connectivity index (χ1n) is 17.2. The molecular weight excluding hydrogens is 534 g/mol. The van der Waals surface area contributed by atoms with E-state index < -0.39 is 0 Å². The lowest BCUT2D eigenvalue weighted by molar-refractivity contribution is -0.890. The van der Waals surface area contributed by atoms with E-state index in [2.05, 4.69) is 14.1 Å². The highest BCUT2D eigenvalue weighted by Gasteiger charge is 2.13. The van der Waals surface area contributed by atoms with E-state index in [0.717, 1.165) is 12.8 Å². The summed E-state index contributed by atoms with van der Waals surface area (Å²) in [7, 11) is 4.89. The Kier molecular flexibility index (Phi) is 35.8. The number of quaternary nitrogens is 1. The third kappa shape index (κ3) is 34.4. The van der Waals surface area contributed by atoms with Crippen LogP contribution in [0.15, 0.2) is 0 Å². The molecule has 0 aliphatic heterocycles. The molecule has 0 fully saturated rings. The second-order valence-electron chi connectivity index (χ2n) is 12.7. The van der Waals surface area contributed by atoms with Gasteiger partial charge in [-0.2, -0.15) is 0 Å². The summed E-state index contributed by atoms with van der Waals surface area (Å²) in [5.41, 5.74) is 0. The minimum Gasteiger partial charge on any atom is -1.00 e. The van der Waals surface area contributed by atoms with Gasteiger partial charge in [-0.05, 0) is 38.5 Å². The molecular formula is C34H72BrNO2. The molecule has 0 aromatic heterocycles. The summed E-state index contributed by atoms with van der Waals surface area (Å²) < 4.78 is 1.22. The maximum Gasteiger partial charge on any atom is 0.0782 e. The van der Waals surface area contributed by atoms with Gasteiger partial charge in [0.1, 0.15) is 0 Å². The van der Waals surface area contributed by atoms with Gasteiger partial charge in [-0.1, -0.05) is 141 Å². The van der Waals surface area contributed by atoms with Crippen LogP contribution in [0.2, 0.25) is 0 Å². The van der Waals surface area contributed by atoms with Crippen LogP contribution in [-0.2, 0) is 0 Å². The standard InChI is InChI=1S/C34H72NO2.BrH/c1-35(2,31-27-23-19-15-11-7-3-5-9-13-17-21-25-29-33-36)32-28-24-20-16-12-8-4-6-10-14-18-22-26-30-34-37;/h36-37H,3-34H2,1-2H3;1H/q+1;/p-1. The molecule has 0 saturated carbocycles. The van der Waals surface area contributed by atoms with Gasteiger partial charge < -0.3 is 31.7 Å². The molecule has 0 rings (SSSR count). The first-order chi connectivity index (χ1) is 18.1. The van der Waals surface area contributed by atoms with Crippen LogP contribution in [0.25, 0.3) is 0 Å². The van der Waals surface area contributed by atoms with Crippen molar-refractivity contribution in [1.82, 2.24) is 0 Å². The predicted octanol–water partition coefficient (Wildman–Crippen LogP) is 6.97. The van der Waals surface area contributed by atoms with Gasteiger partial charge in [-0.25, -0.2) is 0 Å². The van der Waals surface area contributed by atoms with Crippen LogP contribution in [0.3, 0.4) is 0 Å². The Morgan fingerprint density at radius 1 is 0.289 bits per heavy atom. The first kappa shape index (κ1) is 40.5. The smallest absolute Gasteiger partial charge is 0.0782 e. The maximum atomic E-state index is 8.79. The van der Waals surface area contributed by atoms with Crippen LogP contribution in [0.5, 0.6) is 0 Å². The predicted molar refractivity (Wildman–Crippen MR) is 165 cm³/mol. The van der Waals surface area contributed by atoms with E-state index in [0.29, 0.717) is 13.2 Å². The average molecular weight is 607 g/mol. The molecule has 0 aromatic carbocycles. The second-order valence-corrected chi connectivity index (χ2v) is 12.7. The topological polar surface area (TPSA) is 40.5 Å². The number of hydrogen-bond donors (Lipinski definition) is 2. The zero-order chi connectivity index (χ0) is 27.1. The molecule has 0 aliphatic carbocycles. The molecule has 0 spiro atoms. The normalized spacial score (nSPS) is 11.7. The summed E-state index contributed by atoms with van der Waals surface area (Å²) in [6.07, 6.45) is 38.3. The monoisotopic (exact) mass is 605 g/mol. The molecule has 0 saturated heterocycles. The molecule has 0 aliphatic rings. The molecule has 2 N–H and O–H groups in total. The van der Waals surface area contributed by atoms with Crippen LogP contribution in [0, 0.1) is 0 Å². The molecule has 38 heavy (non-hydrogen) atoms. The molecule has 0 aromatic rings. The molecule has 3 nitrogen and oxygen atoms in total. The molecule has 0 unspecified atom stereocenters. The number of unbranched alkanes of at least 4 members (excludes halogenated alkanes) is 26. The highest BCUT2D eigenvalue weighted by molar-refractivity contribution is 4.52. The Hall–Kier alpha value is 0.360. The summed E-state index contributed by atoms with van der Waals surface area (Å²) in [5.74, 6) is 0. The van der Waals surface area contributed by atoms with Gasteiger partial charge in [-0.3, -0.25) is 0 Å². The Morgan fingerprint density at radius 2 is 0.447 bits per heavy atom. The van der Waals surface area contributed by atoms with E-state index in [-0.39, 0.29) is 17.0 Å². The Balaban J connectivity index is 0. The van der Waals surface area contributed by atoms with Crippen LogP contribution in [0.4, 0.5) is 0 Å². The van der Waals surface area contributed by atoms with Crippen LogP contribution in [-0.4, -0.2) is 55.1 Å². The fourth-order valence-electron chi connectivity index (χ4n) is 5.66. The molecule has 4 heteroatoms. The van der Waals surface area contributed by atoms with E-state index in [9.17, 15) is 0 Å². The van der Waals surface area contributed by atoms with E-state index >= 15 is 0 Å². The van der Waals surface area contributed by atoms with Crippen LogP contribution < -0.4 is 17.0 Å². The summed E-state index contributed by atoms with van der Waals surface area (Å²) >= 11 is 0. The van der Waals surface area contributed by atoms with Gasteiger partial charge >= 0.3 is 0 Å². The van der Waals surface area contributed by atoms with Gasteiger partial charge in [0, 0.05) is 13.2 Å². The molecule has 0 bridgehead atoms. The summed E-state index contributed by atoms with van der Waals surface area (Å²) in [6.45, 7) is 3.46. The quantitative estimate of drug-likeness (QED) is 0.0641. The van der Waals surface area contributed by atoms with Crippen molar-refractivity contribution in [2.24, 2.45) is 0 Å². The highest BCUT2D eigenvalue weighted by atomic mass is 79.9. The fourth-order valence-corrected chi connectivity index (χ4v) is 5.66.